The number of ketones is 1. The summed E-state index contributed by atoms with van der Waals surface area (Å²) in [5.41, 5.74) is 11.4. The number of anilines is 2. The summed E-state index contributed by atoms with van der Waals surface area (Å²) in [6.07, 6.45) is 1.68. The molecule has 0 saturated carbocycles. The number of nitrogens with two attached hydrogens (primary N) is 1. The predicted octanol–water partition coefficient (Wildman–Crippen LogP) is 6.14. The first kappa shape index (κ1) is 28.5. The highest BCUT2D eigenvalue weighted by atomic mass is 32.2. The number of aromatic nitrogens is 2. The first-order valence-corrected chi connectivity index (χ1v) is 15.1. The molecule has 2 aromatic carbocycles. The third-order valence-corrected chi connectivity index (χ3v) is 9.28. The summed E-state index contributed by atoms with van der Waals surface area (Å²) >= 11 is 2.42. The van der Waals surface area contributed by atoms with E-state index in [1.165, 1.54) is 40.8 Å². The molecule has 41 heavy (non-hydrogen) atoms. The number of nitrogens with one attached hydrogen (secondary N) is 1. The maximum absolute atomic E-state index is 13.6. The van der Waals surface area contributed by atoms with E-state index in [0.717, 1.165) is 16.8 Å². The number of nitriles is 1. The Hall–Kier alpha value is -4.01. The van der Waals surface area contributed by atoms with Gasteiger partial charge in [-0.25, -0.2) is 4.39 Å². The van der Waals surface area contributed by atoms with Crippen molar-refractivity contribution in [2.24, 2.45) is 5.73 Å². The molecule has 1 atom stereocenters. The Bertz CT molecular complexity index is 1620. The number of thioether (sulfide) groups is 1. The second-order valence-electron chi connectivity index (χ2n) is 10.3. The second kappa shape index (κ2) is 11.8. The molecule has 2 aliphatic rings. The highest BCUT2D eigenvalue weighted by molar-refractivity contribution is 8.01. The number of amides is 1. The molecule has 1 aliphatic heterocycles. The molecule has 0 spiro atoms. The van der Waals surface area contributed by atoms with Crippen molar-refractivity contribution in [3.05, 3.63) is 87.6 Å². The number of carbonyl (C=O) groups is 2. The van der Waals surface area contributed by atoms with Gasteiger partial charge in [0.15, 0.2) is 10.1 Å². The van der Waals surface area contributed by atoms with Crippen LogP contribution >= 0.6 is 23.1 Å². The van der Waals surface area contributed by atoms with Gasteiger partial charge in [-0.1, -0.05) is 67.3 Å². The van der Waals surface area contributed by atoms with Gasteiger partial charge in [-0.15, -0.1) is 10.2 Å². The van der Waals surface area contributed by atoms with Crippen molar-refractivity contribution in [2.75, 3.05) is 16.0 Å². The molecule has 2 heterocycles. The van der Waals surface area contributed by atoms with Crippen molar-refractivity contribution in [3.8, 4) is 6.07 Å². The summed E-state index contributed by atoms with van der Waals surface area (Å²) in [7, 11) is 0. The average Bonchev–Trinajstić information content (AvgIpc) is 3.42. The summed E-state index contributed by atoms with van der Waals surface area (Å²) < 4.78 is 14.1. The Balaban J connectivity index is 1.42. The number of halogens is 1. The molecular weight excluding hydrogens is 560 g/mol. The number of hydrogen-bond acceptors (Lipinski definition) is 9. The Morgan fingerprint density at radius 2 is 2.00 bits per heavy atom. The fourth-order valence-electron chi connectivity index (χ4n) is 5.11. The zero-order valence-corrected chi connectivity index (χ0v) is 24.5. The lowest BCUT2D eigenvalue weighted by molar-refractivity contribution is -0.116. The summed E-state index contributed by atoms with van der Waals surface area (Å²) in [6.45, 7) is 6.02. The summed E-state index contributed by atoms with van der Waals surface area (Å²) in [6, 6.07) is 14.5. The Labute approximate surface area is 246 Å². The van der Waals surface area contributed by atoms with Crippen LogP contribution in [0.15, 0.2) is 69.5 Å². The monoisotopic (exact) mass is 588 g/mol. The lowest BCUT2D eigenvalue weighted by Crippen LogP contribution is -2.38. The fourth-order valence-corrected chi connectivity index (χ4v) is 6.79. The number of rotatable bonds is 7. The summed E-state index contributed by atoms with van der Waals surface area (Å²) in [5.74, 6) is -0.658. The van der Waals surface area contributed by atoms with Gasteiger partial charge in [0.1, 0.15) is 11.6 Å². The molecule has 3 aromatic rings. The number of nitrogens with zero attached hydrogens (tertiary/aromatic N) is 4. The van der Waals surface area contributed by atoms with Crippen LogP contribution in [0.1, 0.15) is 61.6 Å². The van der Waals surface area contributed by atoms with E-state index in [-0.39, 0.29) is 23.3 Å². The van der Waals surface area contributed by atoms with E-state index >= 15 is 0 Å². The van der Waals surface area contributed by atoms with Crippen LogP contribution < -0.4 is 16.0 Å². The molecule has 8 nitrogen and oxygen atoms in total. The quantitative estimate of drug-likeness (QED) is 0.315. The number of allylic oxidation sites excluding steroid dienone is 3. The van der Waals surface area contributed by atoms with Crippen molar-refractivity contribution in [1.82, 2.24) is 10.2 Å². The van der Waals surface area contributed by atoms with Gasteiger partial charge in [0.25, 0.3) is 0 Å². The van der Waals surface area contributed by atoms with Crippen molar-refractivity contribution >= 4 is 45.6 Å². The van der Waals surface area contributed by atoms with Gasteiger partial charge in [-0.05, 0) is 54.5 Å². The number of aryl methyl sites for hydroxylation is 1. The number of Topliss-reactive ketones (excluding diaryl/α,β-unsaturated/α-hetero) is 1. The van der Waals surface area contributed by atoms with E-state index in [2.05, 4.69) is 35.4 Å². The van der Waals surface area contributed by atoms with Gasteiger partial charge in [0.2, 0.25) is 11.0 Å². The molecule has 1 aliphatic carbocycles. The van der Waals surface area contributed by atoms with E-state index < -0.39 is 11.7 Å². The van der Waals surface area contributed by atoms with Gasteiger partial charge in [-0.2, -0.15) is 5.26 Å². The molecule has 1 aromatic heterocycles. The Morgan fingerprint density at radius 1 is 1.24 bits per heavy atom. The van der Waals surface area contributed by atoms with Crippen LogP contribution in [-0.4, -0.2) is 27.6 Å². The van der Waals surface area contributed by atoms with Gasteiger partial charge in [-0.3, -0.25) is 14.5 Å². The molecule has 1 amide bonds. The first-order valence-electron chi connectivity index (χ1n) is 13.3. The lowest BCUT2D eigenvalue weighted by Gasteiger charge is -2.38. The normalized spacial score (nSPS) is 17.1. The molecule has 5 rings (SSSR count). The zero-order chi connectivity index (χ0) is 29.3. The van der Waals surface area contributed by atoms with E-state index in [0.29, 0.717) is 51.5 Å². The van der Waals surface area contributed by atoms with Crippen LogP contribution in [0.5, 0.6) is 0 Å². The van der Waals surface area contributed by atoms with Crippen LogP contribution in [0.2, 0.25) is 0 Å². The standard InChI is InChI=1S/C30H29FN6O2S2/c1-16(2)18-8-10-19(11-9-18)26-21(14-32)28(33)37(23-5-4-6-24(38)27(23)26)29-35-36-30(41-29)40-15-25(39)34-22-13-20(31)12-7-17(22)3/h7-13,16,26H,4-6,15,33H2,1-3H3,(H,34,39). The molecule has 0 radical (unpaired) electrons. The maximum Gasteiger partial charge on any atom is 0.234 e. The smallest absolute Gasteiger partial charge is 0.234 e. The number of benzene rings is 2. The maximum atomic E-state index is 13.6. The number of carbonyl (C=O) groups excluding carboxylic acids is 2. The minimum atomic E-state index is -0.544. The largest absolute Gasteiger partial charge is 0.384 e. The molecular formula is C30H29FN6O2S2. The van der Waals surface area contributed by atoms with Gasteiger partial charge < -0.3 is 11.1 Å². The molecule has 11 heteroatoms. The highest BCUT2D eigenvalue weighted by Crippen LogP contribution is 2.47. The van der Waals surface area contributed by atoms with E-state index in [4.69, 9.17) is 5.73 Å². The van der Waals surface area contributed by atoms with Crippen LogP contribution in [-0.2, 0) is 9.59 Å². The van der Waals surface area contributed by atoms with Crippen LogP contribution in [0.3, 0.4) is 0 Å². The van der Waals surface area contributed by atoms with Gasteiger partial charge >= 0.3 is 0 Å². The molecule has 0 bridgehead atoms. The zero-order valence-electron chi connectivity index (χ0n) is 22.9. The van der Waals surface area contributed by atoms with E-state index in [9.17, 15) is 19.2 Å². The van der Waals surface area contributed by atoms with Crippen molar-refractivity contribution < 1.29 is 14.0 Å². The highest BCUT2D eigenvalue weighted by Gasteiger charge is 2.41. The van der Waals surface area contributed by atoms with Crippen molar-refractivity contribution in [3.63, 3.8) is 0 Å². The molecule has 3 N–H and O–H groups in total. The molecule has 210 valence electrons. The topological polar surface area (TPSA) is 125 Å². The van der Waals surface area contributed by atoms with Crippen molar-refractivity contribution in [2.45, 2.75) is 56.2 Å². The second-order valence-corrected chi connectivity index (χ2v) is 12.5. The van der Waals surface area contributed by atoms with Crippen molar-refractivity contribution in [1.29, 1.82) is 5.26 Å². The number of hydrogen-bond donors (Lipinski definition) is 2. The van der Waals surface area contributed by atoms with Crippen LogP contribution in [0.25, 0.3) is 0 Å². The predicted molar refractivity (Wildman–Crippen MR) is 159 cm³/mol. The minimum absolute atomic E-state index is 0.00198. The first-order chi connectivity index (χ1) is 19.7. The SMILES string of the molecule is Cc1ccc(F)cc1NC(=O)CSc1nnc(N2C(N)=C(C#N)C(c3ccc(C(C)C)cc3)C3=C2CCCC3=O)s1. The Morgan fingerprint density at radius 3 is 2.71 bits per heavy atom. The summed E-state index contributed by atoms with van der Waals surface area (Å²) in [5, 5.41) is 21.9. The lowest BCUT2D eigenvalue weighted by atomic mass is 9.75. The van der Waals surface area contributed by atoms with Gasteiger partial charge in [0.05, 0.1) is 23.3 Å². The van der Waals surface area contributed by atoms with Crippen LogP contribution in [0, 0.1) is 24.1 Å². The molecule has 0 saturated heterocycles. The average molecular weight is 589 g/mol. The Kier molecular flexibility index (Phi) is 8.24. The van der Waals surface area contributed by atoms with E-state index in [1.54, 1.807) is 17.9 Å². The third kappa shape index (κ3) is 5.76. The third-order valence-electron chi connectivity index (χ3n) is 7.24. The fraction of sp³-hybridized carbons (Fsp3) is 0.300. The summed E-state index contributed by atoms with van der Waals surface area (Å²) in [4.78, 5) is 27.6. The molecule has 1 unspecified atom stereocenters. The molecule has 0 fully saturated rings. The van der Waals surface area contributed by atoms with Gasteiger partial charge in [0, 0.05) is 23.4 Å². The van der Waals surface area contributed by atoms with Crippen LogP contribution in [0.4, 0.5) is 15.2 Å². The van der Waals surface area contributed by atoms with E-state index in [1.807, 2.05) is 24.3 Å². The minimum Gasteiger partial charge on any atom is -0.384 e.